The normalized spacial score (nSPS) is 40.1. The minimum Gasteiger partial charge on any atom is -0.462 e. The second kappa shape index (κ2) is 2.72. The lowest BCUT2D eigenvalue weighted by molar-refractivity contribution is -0.165. The van der Waals surface area contributed by atoms with E-state index in [2.05, 4.69) is 0 Å². The van der Waals surface area contributed by atoms with Gasteiger partial charge in [0.05, 0.1) is 11.8 Å². The topological polar surface area (TPSA) is 52.6 Å². The summed E-state index contributed by atoms with van der Waals surface area (Å²) < 4.78 is 10.1. The molecule has 0 spiro atoms. The molecule has 1 aliphatic carbocycles. The fraction of sp³-hybridized carbons (Fsp3) is 0.800. The fourth-order valence-electron chi connectivity index (χ4n) is 2.11. The van der Waals surface area contributed by atoms with Gasteiger partial charge < -0.3 is 9.47 Å². The van der Waals surface area contributed by atoms with E-state index in [1.54, 1.807) is 6.92 Å². The van der Waals surface area contributed by atoms with E-state index in [1.165, 1.54) is 0 Å². The average molecular weight is 198 g/mol. The number of fused-ring (bicyclic) bond motifs is 1. The molecule has 0 amide bonds. The number of cyclic esters (lactones) is 2. The van der Waals surface area contributed by atoms with E-state index in [-0.39, 0.29) is 41.9 Å². The van der Waals surface area contributed by atoms with Crippen LogP contribution in [0.25, 0.3) is 0 Å². The maximum atomic E-state index is 11.6. The SMILES string of the molecule is CC1COC(=O)C2C(C(=O)O1)C2(C)C. The number of rotatable bonds is 0. The van der Waals surface area contributed by atoms with Crippen molar-refractivity contribution in [1.29, 1.82) is 0 Å². The van der Waals surface area contributed by atoms with E-state index in [0.717, 1.165) is 0 Å². The monoisotopic (exact) mass is 198 g/mol. The van der Waals surface area contributed by atoms with Crippen molar-refractivity contribution in [1.82, 2.24) is 0 Å². The van der Waals surface area contributed by atoms with Crippen LogP contribution in [0.3, 0.4) is 0 Å². The second-order valence-electron chi connectivity index (χ2n) is 4.65. The summed E-state index contributed by atoms with van der Waals surface area (Å²) in [4.78, 5) is 23.0. The van der Waals surface area contributed by atoms with Crippen LogP contribution in [0.1, 0.15) is 20.8 Å². The van der Waals surface area contributed by atoms with Crippen molar-refractivity contribution < 1.29 is 19.1 Å². The smallest absolute Gasteiger partial charge is 0.310 e. The van der Waals surface area contributed by atoms with Gasteiger partial charge in [0, 0.05) is 0 Å². The summed E-state index contributed by atoms with van der Waals surface area (Å²) in [5.74, 6) is -1.13. The molecule has 0 aromatic rings. The fourth-order valence-corrected chi connectivity index (χ4v) is 2.11. The summed E-state index contributed by atoms with van der Waals surface area (Å²) in [5.41, 5.74) is -0.293. The van der Waals surface area contributed by atoms with E-state index < -0.39 is 0 Å². The van der Waals surface area contributed by atoms with Gasteiger partial charge in [0.15, 0.2) is 0 Å². The highest BCUT2D eigenvalue weighted by Crippen LogP contribution is 2.59. The molecule has 0 bridgehead atoms. The van der Waals surface area contributed by atoms with Crippen molar-refractivity contribution in [2.75, 3.05) is 6.61 Å². The average Bonchev–Trinajstić information content (AvgIpc) is 2.63. The lowest BCUT2D eigenvalue weighted by Gasteiger charge is -2.15. The molecule has 14 heavy (non-hydrogen) atoms. The molecule has 1 aliphatic heterocycles. The maximum Gasteiger partial charge on any atom is 0.310 e. The minimum atomic E-state index is -0.330. The molecule has 2 rings (SSSR count). The Balaban J connectivity index is 2.20. The third-order valence-corrected chi connectivity index (χ3v) is 3.11. The van der Waals surface area contributed by atoms with Crippen LogP contribution in [0.15, 0.2) is 0 Å². The molecule has 1 saturated heterocycles. The highest BCUT2D eigenvalue weighted by atomic mass is 16.6. The number of carbonyl (C=O) groups excluding carboxylic acids is 2. The molecule has 0 radical (unpaired) electrons. The van der Waals surface area contributed by atoms with Crippen LogP contribution in [0.4, 0.5) is 0 Å². The molecule has 1 saturated carbocycles. The Bertz CT molecular complexity index is 294. The first-order valence-corrected chi connectivity index (χ1v) is 4.81. The molecule has 0 aromatic carbocycles. The van der Waals surface area contributed by atoms with Crippen molar-refractivity contribution in [3.8, 4) is 0 Å². The third kappa shape index (κ3) is 1.21. The standard InChI is InChI=1S/C10H14O4/c1-5-4-13-8(11)6-7(9(12)14-5)10(6,2)3/h5-7H,4H2,1-3H3. The van der Waals surface area contributed by atoms with Crippen LogP contribution in [0.2, 0.25) is 0 Å². The Labute approximate surface area is 82.6 Å². The second-order valence-corrected chi connectivity index (χ2v) is 4.65. The first-order valence-electron chi connectivity index (χ1n) is 4.81. The molecule has 4 nitrogen and oxygen atoms in total. The van der Waals surface area contributed by atoms with Crippen molar-refractivity contribution in [2.45, 2.75) is 26.9 Å². The van der Waals surface area contributed by atoms with Crippen molar-refractivity contribution in [3.63, 3.8) is 0 Å². The van der Waals surface area contributed by atoms with Gasteiger partial charge in [0.1, 0.15) is 12.7 Å². The Morgan fingerprint density at radius 2 is 1.79 bits per heavy atom. The molecule has 0 aromatic heterocycles. The number of hydrogen-bond acceptors (Lipinski definition) is 4. The van der Waals surface area contributed by atoms with Crippen LogP contribution in [-0.4, -0.2) is 24.6 Å². The van der Waals surface area contributed by atoms with Crippen LogP contribution in [0, 0.1) is 17.3 Å². The van der Waals surface area contributed by atoms with Gasteiger partial charge in [-0.1, -0.05) is 13.8 Å². The molecule has 4 heteroatoms. The summed E-state index contributed by atoms with van der Waals surface area (Å²) >= 11 is 0. The number of carbonyl (C=O) groups is 2. The molecule has 2 aliphatic rings. The Morgan fingerprint density at radius 3 is 2.43 bits per heavy atom. The van der Waals surface area contributed by atoms with Gasteiger partial charge in [-0.2, -0.15) is 0 Å². The van der Waals surface area contributed by atoms with Crippen molar-refractivity contribution in [2.24, 2.45) is 17.3 Å². The molecule has 3 unspecified atom stereocenters. The molecule has 1 heterocycles. The minimum absolute atomic E-state index is 0.171. The molecule has 78 valence electrons. The van der Waals surface area contributed by atoms with Gasteiger partial charge in [-0.25, -0.2) is 0 Å². The predicted molar refractivity (Wildman–Crippen MR) is 47.3 cm³/mol. The van der Waals surface area contributed by atoms with E-state index in [4.69, 9.17) is 9.47 Å². The van der Waals surface area contributed by atoms with Gasteiger partial charge >= 0.3 is 11.9 Å². The van der Waals surface area contributed by atoms with Crippen LogP contribution in [0.5, 0.6) is 0 Å². The highest BCUT2D eigenvalue weighted by Gasteiger charge is 2.68. The summed E-state index contributed by atoms with van der Waals surface area (Å²) in [5, 5.41) is 0. The Morgan fingerprint density at radius 1 is 1.21 bits per heavy atom. The first kappa shape index (κ1) is 9.49. The van der Waals surface area contributed by atoms with E-state index >= 15 is 0 Å². The van der Waals surface area contributed by atoms with Crippen LogP contribution < -0.4 is 0 Å². The summed E-state index contributed by atoms with van der Waals surface area (Å²) in [6.45, 7) is 5.67. The van der Waals surface area contributed by atoms with E-state index in [9.17, 15) is 9.59 Å². The number of ether oxygens (including phenoxy) is 2. The maximum absolute atomic E-state index is 11.6. The van der Waals surface area contributed by atoms with Crippen LogP contribution >= 0.6 is 0 Å². The predicted octanol–water partition coefficient (Wildman–Crippen LogP) is 0.747. The molecule has 0 N–H and O–H groups in total. The van der Waals surface area contributed by atoms with Gasteiger partial charge in [-0.05, 0) is 12.3 Å². The zero-order chi connectivity index (χ0) is 10.5. The molecule has 2 fully saturated rings. The van der Waals surface area contributed by atoms with E-state index in [0.29, 0.717) is 0 Å². The number of hydrogen-bond donors (Lipinski definition) is 0. The highest BCUT2D eigenvalue weighted by molar-refractivity contribution is 5.90. The summed E-state index contributed by atoms with van der Waals surface area (Å²) in [6.07, 6.45) is -0.330. The third-order valence-electron chi connectivity index (χ3n) is 3.11. The summed E-state index contributed by atoms with van der Waals surface area (Å²) in [7, 11) is 0. The quantitative estimate of drug-likeness (QED) is 0.539. The summed E-state index contributed by atoms with van der Waals surface area (Å²) in [6, 6.07) is 0. The van der Waals surface area contributed by atoms with Crippen molar-refractivity contribution in [3.05, 3.63) is 0 Å². The molecular weight excluding hydrogens is 184 g/mol. The van der Waals surface area contributed by atoms with Crippen LogP contribution in [-0.2, 0) is 19.1 Å². The van der Waals surface area contributed by atoms with Gasteiger partial charge in [0.25, 0.3) is 0 Å². The zero-order valence-corrected chi connectivity index (χ0v) is 8.57. The zero-order valence-electron chi connectivity index (χ0n) is 8.57. The number of esters is 2. The lowest BCUT2D eigenvalue weighted by Crippen LogP contribution is -2.27. The molecular formula is C10H14O4. The first-order chi connectivity index (χ1) is 6.44. The van der Waals surface area contributed by atoms with Gasteiger partial charge in [0.2, 0.25) is 0 Å². The Hall–Kier alpha value is -1.06. The van der Waals surface area contributed by atoms with Crippen molar-refractivity contribution >= 4 is 11.9 Å². The largest absolute Gasteiger partial charge is 0.462 e. The Kier molecular flexibility index (Phi) is 1.84. The lowest BCUT2D eigenvalue weighted by atomic mass is 10.1. The van der Waals surface area contributed by atoms with E-state index in [1.807, 2.05) is 13.8 Å². The van der Waals surface area contributed by atoms with Gasteiger partial charge in [-0.15, -0.1) is 0 Å². The molecule has 3 atom stereocenters. The van der Waals surface area contributed by atoms with Gasteiger partial charge in [-0.3, -0.25) is 9.59 Å².